The summed E-state index contributed by atoms with van der Waals surface area (Å²) in [6.45, 7) is 8.17. The number of carbonyl (C=O) groups excluding carboxylic acids is 1. The van der Waals surface area contributed by atoms with E-state index in [1.54, 1.807) is 11.1 Å². The summed E-state index contributed by atoms with van der Waals surface area (Å²) < 4.78 is 7.38. The summed E-state index contributed by atoms with van der Waals surface area (Å²) in [4.78, 5) is 22.1. The van der Waals surface area contributed by atoms with Crippen LogP contribution in [-0.2, 0) is 4.74 Å². The number of β-amino-alcohol motifs (C(OH)–C–C–N with tert-alkyl or cyclic N) is 1. The lowest BCUT2D eigenvalue weighted by atomic mass is 10.0. The van der Waals surface area contributed by atoms with Gasteiger partial charge in [0.25, 0.3) is 0 Å². The number of aliphatic hydroxyl groups excluding tert-OH is 1. The number of hydrogen-bond acceptors (Lipinski definition) is 5. The van der Waals surface area contributed by atoms with Crippen LogP contribution in [0.5, 0.6) is 0 Å². The van der Waals surface area contributed by atoms with Crippen molar-refractivity contribution in [3.05, 3.63) is 23.2 Å². The number of hydrogen-bond donors (Lipinski definition) is 1. The lowest BCUT2D eigenvalue weighted by Gasteiger charge is -2.37. The molecule has 3 rings (SSSR count). The lowest BCUT2D eigenvalue weighted by molar-refractivity contribution is -0.00963. The number of ether oxygens (including phenoxy) is 1. The van der Waals surface area contributed by atoms with Crippen molar-refractivity contribution in [1.82, 2.24) is 19.4 Å². The molecule has 25 heavy (non-hydrogen) atoms. The first-order valence-corrected chi connectivity index (χ1v) is 8.69. The van der Waals surface area contributed by atoms with Crippen LogP contribution in [0.2, 0.25) is 5.28 Å². The number of nitrogens with zero attached hydrogens (tertiary/aromatic N) is 4. The Hall–Kier alpha value is -1.86. The molecule has 1 aliphatic rings. The number of rotatable bonds is 1. The Morgan fingerprint density at radius 2 is 2.16 bits per heavy atom. The predicted octanol–water partition coefficient (Wildman–Crippen LogP) is 2.94. The van der Waals surface area contributed by atoms with Gasteiger partial charge in [-0.1, -0.05) is 0 Å². The van der Waals surface area contributed by atoms with E-state index >= 15 is 0 Å². The molecule has 1 fully saturated rings. The Kier molecular flexibility index (Phi) is 4.64. The van der Waals surface area contributed by atoms with Gasteiger partial charge < -0.3 is 19.3 Å². The van der Waals surface area contributed by atoms with Gasteiger partial charge in [-0.3, -0.25) is 0 Å². The Bertz CT molecular complexity index is 799. The van der Waals surface area contributed by atoms with Gasteiger partial charge >= 0.3 is 6.09 Å². The van der Waals surface area contributed by atoms with Crippen LogP contribution >= 0.6 is 11.6 Å². The van der Waals surface area contributed by atoms with Crippen molar-refractivity contribution in [2.24, 2.45) is 0 Å². The predicted molar refractivity (Wildman–Crippen MR) is 94.7 cm³/mol. The van der Waals surface area contributed by atoms with Crippen LogP contribution in [0.3, 0.4) is 0 Å². The number of piperidine rings is 1. The number of halogens is 1. The molecule has 136 valence electrons. The summed E-state index contributed by atoms with van der Waals surface area (Å²) in [5, 5.41) is 11.7. The minimum atomic E-state index is -0.718. The van der Waals surface area contributed by atoms with Gasteiger partial charge in [0.1, 0.15) is 11.2 Å². The topological polar surface area (TPSA) is 80.5 Å². The second kappa shape index (κ2) is 6.46. The number of carbonyl (C=O) groups is 1. The normalized spacial score (nSPS) is 21.6. The summed E-state index contributed by atoms with van der Waals surface area (Å²) in [7, 11) is 0. The van der Waals surface area contributed by atoms with Crippen LogP contribution in [0.15, 0.2) is 12.3 Å². The van der Waals surface area contributed by atoms with E-state index in [-0.39, 0.29) is 17.9 Å². The molecule has 0 aromatic carbocycles. The van der Waals surface area contributed by atoms with E-state index in [1.807, 2.05) is 38.3 Å². The lowest BCUT2D eigenvalue weighted by Crippen LogP contribution is -2.48. The molecule has 1 amide bonds. The Balaban J connectivity index is 1.82. The number of aryl methyl sites for hydroxylation is 1. The van der Waals surface area contributed by atoms with Gasteiger partial charge in [0, 0.05) is 23.8 Å². The summed E-state index contributed by atoms with van der Waals surface area (Å²) in [6, 6.07) is 1.79. The first-order chi connectivity index (χ1) is 11.7. The minimum Gasteiger partial charge on any atom is -0.444 e. The maximum atomic E-state index is 12.2. The molecule has 0 bridgehead atoms. The molecule has 0 aliphatic carbocycles. The monoisotopic (exact) mass is 366 g/mol. The number of aliphatic hydroxyl groups is 1. The van der Waals surface area contributed by atoms with E-state index in [0.29, 0.717) is 18.6 Å². The molecule has 0 unspecified atom stereocenters. The highest BCUT2D eigenvalue weighted by atomic mass is 35.5. The van der Waals surface area contributed by atoms with Crippen molar-refractivity contribution in [1.29, 1.82) is 0 Å². The molecule has 1 saturated heterocycles. The molecule has 1 aliphatic heterocycles. The van der Waals surface area contributed by atoms with Crippen molar-refractivity contribution in [2.45, 2.75) is 51.9 Å². The molecule has 0 saturated carbocycles. The fourth-order valence-electron chi connectivity index (χ4n) is 3.25. The molecule has 1 N–H and O–H groups in total. The van der Waals surface area contributed by atoms with E-state index < -0.39 is 17.8 Å². The number of fused-ring (bicyclic) bond motifs is 1. The van der Waals surface area contributed by atoms with Gasteiger partial charge in [0.15, 0.2) is 0 Å². The quantitative estimate of drug-likeness (QED) is 0.785. The van der Waals surface area contributed by atoms with Crippen molar-refractivity contribution in [3.8, 4) is 0 Å². The Morgan fingerprint density at radius 3 is 2.80 bits per heavy atom. The van der Waals surface area contributed by atoms with E-state index in [9.17, 15) is 9.90 Å². The summed E-state index contributed by atoms with van der Waals surface area (Å²) in [5.41, 5.74) is 1.12. The molecular formula is C17H23ClN4O3. The first-order valence-electron chi connectivity index (χ1n) is 8.32. The van der Waals surface area contributed by atoms with Crippen LogP contribution < -0.4 is 0 Å². The zero-order valence-corrected chi connectivity index (χ0v) is 15.6. The summed E-state index contributed by atoms with van der Waals surface area (Å²) in [6.07, 6.45) is 1.16. The number of amides is 1. The molecule has 2 atom stereocenters. The minimum absolute atomic E-state index is 0.174. The number of likely N-dealkylation sites (tertiary alicyclic amines) is 1. The molecule has 3 heterocycles. The van der Waals surface area contributed by atoms with Gasteiger partial charge in [0.05, 0.1) is 18.7 Å². The second-order valence-corrected chi connectivity index (χ2v) is 7.76. The Labute approximate surface area is 151 Å². The molecule has 0 spiro atoms. The maximum absolute atomic E-state index is 12.2. The first kappa shape index (κ1) is 17.9. The fraction of sp³-hybridized carbons (Fsp3) is 0.588. The van der Waals surface area contributed by atoms with Gasteiger partial charge in [0.2, 0.25) is 5.28 Å². The smallest absolute Gasteiger partial charge is 0.410 e. The third kappa shape index (κ3) is 3.72. The molecule has 0 radical (unpaired) electrons. The standard InChI is InChI=1S/C17H23ClN4O3/c1-10-7-11-8-19-15(18)20-14(11)22(10)12-5-6-21(9-13(12)23)16(24)25-17(2,3)4/h7-8,12-13,23H,5-6,9H2,1-4H3/t12-,13+/m0/s1. The van der Waals surface area contributed by atoms with E-state index in [4.69, 9.17) is 16.3 Å². The van der Waals surface area contributed by atoms with Gasteiger partial charge in [-0.05, 0) is 51.8 Å². The van der Waals surface area contributed by atoms with Crippen LogP contribution in [0.4, 0.5) is 4.79 Å². The molecule has 8 heteroatoms. The molecule has 7 nitrogen and oxygen atoms in total. The van der Waals surface area contributed by atoms with E-state index in [1.165, 1.54) is 0 Å². The van der Waals surface area contributed by atoms with E-state index in [2.05, 4.69) is 9.97 Å². The fourth-order valence-corrected chi connectivity index (χ4v) is 3.38. The van der Waals surface area contributed by atoms with Crippen LogP contribution in [0.25, 0.3) is 11.0 Å². The summed E-state index contributed by atoms with van der Waals surface area (Å²) in [5.74, 6) is 0. The molecule has 2 aromatic rings. The van der Waals surface area contributed by atoms with Crippen molar-refractivity contribution >= 4 is 28.7 Å². The Morgan fingerprint density at radius 1 is 1.44 bits per heavy atom. The highest BCUT2D eigenvalue weighted by molar-refractivity contribution is 6.28. The van der Waals surface area contributed by atoms with Crippen LogP contribution in [-0.4, -0.2) is 55.4 Å². The zero-order chi connectivity index (χ0) is 18.4. The SMILES string of the molecule is Cc1cc2cnc(Cl)nc2n1[C@H]1CCN(C(=O)OC(C)(C)C)C[C@H]1O. The third-order valence-electron chi connectivity index (χ3n) is 4.27. The number of aromatic nitrogens is 3. The highest BCUT2D eigenvalue weighted by Gasteiger charge is 2.34. The third-order valence-corrected chi connectivity index (χ3v) is 4.45. The zero-order valence-electron chi connectivity index (χ0n) is 14.9. The van der Waals surface area contributed by atoms with Gasteiger partial charge in [-0.2, -0.15) is 4.98 Å². The average molecular weight is 367 g/mol. The largest absolute Gasteiger partial charge is 0.444 e. The average Bonchev–Trinajstić information content (AvgIpc) is 2.81. The molecular weight excluding hydrogens is 344 g/mol. The van der Waals surface area contributed by atoms with Crippen LogP contribution in [0, 0.1) is 6.92 Å². The van der Waals surface area contributed by atoms with Gasteiger partial charge in [-0.25, -0.2) is 9.78 Å². The van der Waals surface area contributed by atoms with Crippen molar-refractivity contribution in [3.63, 3.8) is 0 Å². The van der Waals surface area contributed by atoms with Crippen molar-refractivity contribution < 1.29 is 14.6 Å². The van der Waals surface area contributed by atoms with Gasteiger partial charge in [-0.15, -0.1) is 0 Å². The van der Waals surface area contributed by atoms with Crippen LogP contribution in [0.1, 0.15) is 38.9 Å². The maximum Gasteiger partial charge on any atom is 0.410 e. The summed E-state index contributed by atoms with van der Waals surface area (Å²) >= 11 is 5.93. The molecule has 2 aromatic heterocycles. The highest BCUT2D eigenvalue weighted by Crippen LogP contribution is 2.30. The van der Waals surface area contributed by atoms with Crippen molar-refractivity contribution in [2.75, 3.05) is 13.1 Å². The van der Waals surface area contributed by atoms with E-state index in [0.717, 1.165) is 11.1 Å². The second-order valence-electron chi connectivity index (χ2n) is 7.42.